The SMILES string of the molecule is O=C1Nc2ccc(F)c(Br)c2OC12CCC2. The molecule has 16 heavy (non-hydrogen) atoms. The number of hydrogen-bond donors (Lipinski definition) is 1. The number of rotatable bonds is 0. The molecule has 5 heteroatoms. The fourth-order valence-corrected chi connectivity index (χ4v) is 2.46. The number of carbonyl (C=O) groups excluding carboxylic acids is 1. The Morgan fingerprint density at radius 3 is 2.81 bits per heavy atom. The minimum absolute atomic E-state index is 0.121. The molecule has 2 aliphatic rings. The maximum atomic E-state index is 13.3. The molecule has 1 aliphatic heterocycles. The highest BCUT2D eigenvalue weighted by Gasteiger charge is 2.50. The van der Waals surface area contributed by atoms with Crippen LogP contribution >= 0.6 is 15.9 Å². The van der Waals surface area contributed by atoms with Crippen LogP contribution in [0.15, 0.2) is 16.6 Å². The van der Waals surface area contributed by atoms with Gasteiger partial charge in [0.05, 0.1) is 10.2 Å². The van der Waals surface area contributed by atoms with Crippen LogP contribution in [0.1, 0.15) is 19.3 Å². The highest BCUT2D eigenvalue weighted by atomic mass is 79.9. The van der Waals surface area contributed by atoms with Crippen molar-refractivity contribution in [3.05, 3.63) is 22.4 Å². The van der Waals surface area contributed by atoms with E-state index in [4.69, 9.17) is 4.74 Å². The van der Waals surface area contributed by atoms with Gasteiger partial charge in [-0.1, -0.05) is 0 Å². The number of nitrogens with one attached hydrogen (secondary N) is 1. The van der Waals surface area contributed by atoms with Gasteiger partial charge in [-0.15, -0.1) is 0 Å². The van der Waals surface area contributed by atoms with Gasteiger partial charge in [-0.3, -0.25) is 4.79 Å². The van der Waals surface area contributed by atoms with Crippen LogP contribution in [0.25, 0.3) is 0 Å². The van der Waals surface area contributed by atoms with Crippen molar-refractivity contribution in [1.29, 1.82) is 0 Å². The average Bonchev–Trinajstić information content (AvgIpc) is 2.21. The third-order valence-corrected chi connectivity index (χ3v) is 3.91. The fraction of sp³-hybridized carbons (Fsp3) is 0.364. The standard InChI is InChI=1S/C11H9BrFNO2/c12-8-6(13)2-3-7-9(8)16-11(4-1-5-11)10(15)14-7/h2-3H,1,4-5H2,(H,14,15). The van der Waals surface area contributed by atoms with Crippen molar-refractivity contribution in [2.24, 2.45) is 0 Å². The van der Waals surface area contributed by atoms with Crippen molar-refractivity contribution in [3.8, 4) is 5.75 Å². The highest BCUT2D eigenvalue weighted by Crippen LogP contribution is 2.47. The largest absolute Gasteiger partial charge is 0.474 e. The van der Waals surface area contributed by atoms with Crippen LogP contribution in [0, 0.1) is 5.82 Å². The lowest BCUT2D eigenvalue weighted by Crippen LogP contribution is -2.55. The Bertz CT molecular complexity index is 485. The van der Waals surface area contributed by atoms with E-state index in [1.54, 1.807) is 0 Å². The van der Waals surface area contributed by atoms with E-state index in [1.807, 2.05) is 0 Å². The van der Waals surface area contributed by atoms with Crippen LogP contribution in [0.4, 0.5) is 10.1 Å². The van der Waals surface area contributed by atoms with Gasteiger partial charge in [0.1, 0.15) is 5.82 Å². The molecule has 3 nitrogen and oxygen atoms in total. The van der Waals surface area contributed by atoms with Crippen molar-refractivity contribution < 1.29 is 13.9 Å². The Hall–Kier alpha value is -1.10. The number of fused-ring (bicyclic) bond motifs is 1. The molecule has 0 aromatic heterocycles. The van der Waals surface area contributed by atoms with Gasteiger partial charge in [-0.2, -0.15) is 0 Å². The molecule has 0 radical (unpaired) electrons. The molecule has 1 heterocycles. The van der Waals surface area contributed by atoms with E-state index in [2.05, 4.69) is 21.2 Å². The number of ether oxygens (including phenoxy) is 1. The first-order chi connectivity index (χ1) is 7.62. The molecule has 1 amide bonds. The molecule has 1 aromatic carbocycles. The first-order valence-electron chi connectivity index (χ1n) is 5.11. The molecule has 84 valence electrons. The van der Waals surface area contributed by atoms with Crippen LogP contribution in [0.2, 0.25) is 0 Å². The van der Waals surface area contributed by atoms with Gasteiger partial charge in [0.25, 0.3) is 5.91 Å². The second-order valence-corrected chi connectivity index (χ2v) is 4.94. The zero-order chi connectivity index (χ0) is 11.3. The van der Waals surface area contributed by atoms with Crippen molar-refractivity contribution in [2.45, 2.75) is 24.9 Å². The van der Waals surface area contributed by atoms with Gasteiger partial charge < -0.3 is 10.1 Å². The zero-order valence-electron chi connectivity index (χ0n) is 8.35. The van der Waals surface area contributed by atoms with E-state index in [1.165, 1.54) is 12.1 Å². The summed E-state index contributed by atoms with van der Waals surface area (Å²) in [5, 5.41) is 2.76. The van der Waals surface area contributed by atoms with E-state index in [9.17, 15) is 9.18 Å². The second-order valence-electron chi connectivity index (χ2n) is 4.14. The van der Waals surface area contributed by atoms with E-state index in [-0.39, 0.29) is 16.2 Å². The van der Waals surface area contributed by atoms with E-state index < -0.39 is 5.60 Å². The Morgan fingerprint density at radius 2 is 2.19 bits per heavy atom. The minimum Gasteiger partial charge on any atom is -0.474 e. The molecule has 0 bridgehead atoms. The van der Waals surface area contributed by atoms with Crippen LogP contribution in [-0.4, -0.2) is 11.5 Å². The van der Waals surface area contributed by atoms with Crippen LogP contribution in [-0.2, 0) is 4.79 Å². The zero-order valence-corrected chi connectivity index (χ0v) is 9.93. The van der Waals surface area contributed by atoms with Gasteiger partial charge in [0, 0.05) is 0 Å². The molecule has 1 spiro atoms. The van der Waals surface area contributed by atoms with Gasteiger partial charge in [-0.05, 0) is 47.3 Å². The van der Waals surface area contributed by atoms with Crippen LogP contribution in [0.3, 0.4) is 0 Å². The van der Waals surface area contributed by atoms with Gasteiger partial charge in [0.2, 0.25) is 0 Å². The number of carbonyl (C=O) groups is 1. The summed E-state index contributed by atoms with van der Waals surface area (Å²) in [6.45, 7) is 0. The third-order valence-electron chi connectivity index (χ3n) is 3.17. The molecule has 1 saturated carbocycles. The normalized spacial score (nSPS) is 20.8. The van der Waals surface area contributed by atoms with E-state index >= 15 is 0 Å². The Morgan fingerprint density at radius 1 is 1.44 bits per heavy atom. The summed E-state index contributed by atoms with van der Waals surface area (Å²) in [6.07, 6.45) is 2.36. The first-order valence-corrected chi connectivity index (χ1v) is 5.90. The smallest absolute Gasteiger partial charge is 0.268 e. The maximum Gasteiger partial charge on any atom is 0.268 e. The van der Waals surface area contributed by atoms with Crippen LogP contribution in [0.5, 0.6) is 5.75 Å². The summed E-state index contributed by atoms with van der Waals surface area (Å²) >= 11 is 3.14. The second kappa shape index (κ2) is 3.20. The lowest BCUT2D eigenvalue weighted by Gasteiger charge is -2.43. The lowest BCUT2D eigenvalue weighted by atomic mass is 9.78. The van der Waals surface area contributed by atoms with Crippen molar-refractivity contribution in [2.75, 3.05) is 5.32 Å². The van der Waals surface area contributed by atoms with Crippen molar-refractivity contribution >= 4 is 27.5 Å². The van der Waals surface area contributed by atoms with Crippen LogP contribution < -0.4 is 10.1 Å². The average molecular weight is 286 g/mol. The predicted octanol–water partition coefficient (Wildman–Crippen LogP) is 2.84. The quantitative estimate of drug-likeness (QED) is 0.796. The Kier molecular flexibility index (Phi) is 2.01. The summed E-state index contributed by atoms with van der Waals surface area (Å²) in [4.78, 5) is 11.8. The first kappa shape index (κ1) is 10.1. The molecular formula is C11H9BrFNO2. The molecule has 1 aromatic rings. The lowest BCUT2D eigenvalue weighted by molar-refractivity contribution is -0.140. The molecular weight excluding hydrogens is 277 g/mol. The minimum atomic E-state index is -0.761. The van der Waals surface area contributed by atoms with Gasteiger partial charge >= 0.3 is 0 Å². The van der Waals surface area contributed by atoms with E-state index in [0.29, 0.717) is 24.3 Å². The highest BCUT2D eigenvalue weighted by molar-refractivity contribution is 9.10. The third kappa shape index (κ3) is 1.21. The number of benzene rings is 1. The summed E-state index contributed by atoms with van der Waals surface area (Å²) in [5.41, 5.74) is -0.237. The fourth-order valence-electron chi connectivity index (χ4n) is 2.04. The number of hydrogen-bond acceptors (Lipinski definition) is 2. The molecule has 1 fully saturated rings. The number of halogens is 2. The molecule has 0 unspecified atom stereocenters. The maximum absolute atomic E-state index is 13.3. The summed E-state index contributed by atoms with van der Waals surface area (Å²) < 4.78 is 19.3. The summed E-state index contributed by atoms with van der Waals surface area (Å²) in [7, 11) is 0. The monoisotopic (exact) mass is 285 g/mol. The topological polar surface area (TPSA) is 38.3 Å². The summed E-state index contributed by atoms with van der Waals surface area (Å²) in [6, 6.07) is 2.81. The Balaban J connectivity index is 2.09. The molecule has 1 aliphatic carbocycles. The van der Waals surface area contributed by atoms with Gasteiger partial charge in [0.15, 0.2) is 11.4 Å². The van der Waals surface area contributed by atoms with Crippen molar-refractivity contribution in [3.63, 3.8) is 0 Å². The predicted molar refractivity (Wildman–Crippen MR) is 59.9 cm³/mol. The van der Waals surface area contributed by atoms with Gasteiger partial charge in [-0.25, -0.2) is 4.39 Å². The molecule has 0 atom stereocenters. The molecule has 1 N–H and O–H groups in total. The van der Waals surface area contributed by atoms with E-state index in [0.717, 1.165) is 6.42 Å². The number of anilines is 1. The molecule has 0 saturated heterocycles. The summed E-state index contributed by atoms with van der Waals surface area (Å²) in [5.74, 6) is -0.103. The molecule has 3 rings (SSSR count). The Labute approximate surface area is 100 Å². The van der Waals surface area contributed by atoms with Crippen molar-refractivity contribution in [1.82, 2.24) is 0 Å². The number of amides is 1.